The smallest absolute Gasteiger partial charge is 0.477 e. The van der Waals surface area contributed by atoms with Gasteiger partial charge in [-0.05, 0) is 113 Å². The quantitative estimate of drug-likeness (QED) is 0.0899. The summed E-state index contributed by atoms with van der Waals surface area (Å²) >= 11 is 0. The van der Waals surface area contributed by atoms with Crippen molar-refractivity contribution in [1.82, 2.24) is 14.8 Å². The number of halogens is 1. The lowest BCUT2D eigenvalue weighted by molar-refractivity contribution is -0.322. The number of likely N-dealkylation sites (N-methyl/N-ethyl adjacent to an activating group) is 1. The van der Waals surface area contributed by atoms with Crippen LogP contribution in [0.3, 0.4) is 0 Å². The summed E-state index contributed by atoms with van der Waals surface area (Å²) in [5.74, 6) is -6.25. The number of rotatable bonds is 19. The number of carbonyl (C=O) groups excluding carboxylic acids is 3. The number of pyridine rings is 1. The second-order valence-electron chi connectivity index (χ2n) is 23.6. The van der Waals surface area contributed by atoms with E-state index in [-0.39, 0.29) is 59.9 Å². The minimum atomic E-state index is -1.51. The third-order valence-electron chi connectivity index (χ3n) is 17.4. The molecule has 2 aromatic rings. The average molecular weight is 1120 g/mol. The van der Waals surface area contributed by atoms with E-state index < -0.39 is 125 Å². The Morgan fingerprint density at radius 3 is 2.22 bits per heavy atom. The van der Waals surface area contributed by atoms with Crippen molar-refractivity contribution >= 4 is 40.5 Å². The van der Waals surface area contributed by atoms with E-state index in [1.807, 2.05) is 53.6 Å². The van der Waals surface area contributed by atoms with E-state index in [9.17, 15) is 34.2 Å². The van der Waals surface area contributed by atoms with Crippen LogP contribution in [0, 0.1) is 29.5 Å². The molecule has 1 saturated carbocycles. The van der Waals surface area contributed by atoms with Crippen LogP contribution >= 0.6 is 0 Å². The Labute approximate surface area is 463 Å². The molecular weight excluding hydrogens is 1030 g/mol. The molecular formula is C57H87FN4O17. The molecule has 21 nitrogen and oxygen atoms in total. The third-order valence-corrected chi connectivity index (χ3v) is 17.4. The van der Waals surface area contributed by atoms with E-state index in [0.717, 1.165) is 18.9 Å². The van der Waals surface area contributed by atoms with Crippen molar-refractivity contribution in [3.05, 3.63) is 39.9 Å². The Hall–Kier alpha value is -4.36. The van der Waals surface area contributed by atoms with Gasteiger partial charge >= 0.3 is 18.1 Å². The molecule has 0 unspecified atom stereocenters. The number of Topliss-reactive ketones (excluding diaryl/α,β-unsaturated/α-hetero) is 1. The van der Waals surface area contributed by atoms with Crippen LogP contribution in [0.15, 0.2) is 23.1 Å². The first-order valence-electron chi connectivity index (χ1n) is 28.1. The summed E-state index contributed by atoms with van der Waals surface area (Å²) in [5, 5.41) is 27.9. The van der Waals surface area contributed by atoms with E-state index in [1.165, 1.54) is 13.3 Å². The lowest BCUT2D eigenvalue weighted by Gasteiger charge is -2.50. The number of ether oxygens (including phenoxy) is 10. The minimum Gasteiger partial charge on any atom is -0.477 e. The summed E-state index contributed by atoms with van der Waals surface area (Å²) in [4.78, 5) is 68.9. The highest BCUT2D eigenvalue weighted by atomic mass is 19.1. The second kappa shape index (κ2) is 25.4. The van der Waals surface area contributed by atoms with Crippen LogP contribution in [-0.2, 0) is 57.0 Å². The summed E-state index contributed by atoms with van der Waals surface area (Å²) in [6.07, 6.45) is -5.08. The number of methoxy groups -OCH3 is 2. The molecule has 5 aliphatic rings. The summed E-state index contributed by atoms with van der Waals surface area (Å²) in [7, 11) is 6.88. The number of aliphatic hydroxyl groups excluding tert-OH is 1. The maximum atomic E-state index is 15.3. The van der Waals surface area contributed by atoms with Crippen LogP contribution < -0.4 is 16.1 Å². The molecule has 7 rings (SSSR count). The maximum absolute atomic E-state index is 15.3. The number of nitrogens with zero attached hydrogens (tertiary/aromatic N) is 2. The summed E-state index contributed by atoms with van der Waals surface area (Å²) in [6, 6.07) is 2.41. The lowest BCUT2D eigenvalue weighted by atomic mass is 9.74. The normalized spacial score (nSPS) is 37.7. The zero-order valence-electron chi connectivity index (χ0n) is 48.5. The monoisotopic (exact) mass is 1120 g/mol. The van der Waals surface area contributed by atoms with Crippen LogP contribution in [-0.4, -0.2) is 182 Å². The van der Waals surface area contributed by atoms with Gasteiger partial charge in [-0.2, -0.15) is 0 Å². The van der Waals surface area contributed by atoms with Gasteiger partial charge in [0, 0.05) is 75.8 Å². The lowest BCUT2D eigenvalue weighted by Crippen LogP contribution is -2.61. The van der Waals surface area contributed by atoms with Crippen molar-refractivity contribution in [3.63, 3.8) is 0 Å². The number of ketones is 1. The van der Waals surface area contributed by atoms with E-state index in [0.29, 0.717) is 44.6 Å². The topological polar surface area (TPSA) is 250 Å². The number of carboxylic acids is 1. The fraction of sp³-hybridized carbons (Fsp3) is 0.772. The van der Waals surface area contributed by atoms with Gasteiger partial charge < -0.3 is 77.7 Å². The molecule has 4 N–H and O–H groups in total. The Morgan fingerprint density at radius 2 is 1.58 bits per heavy atom. The number of benzene rings is 1. The number of fused-ring (bicyclic) bond motifs is 2. The molecule has 1 aromatic carbocycles. The molecule has 4 aliphatic heterocycles. The van der Waals surface area contributed by atoms with E-state index >= 15 is 4.39 Å². The molecule has 5 fully saturated rings. The Kier molecular flexibility index (Phi) is 20.0. The molecule has 22 heteroatoms. The number of hydrogen-bond donors (Lipinski definition) is 4. The van der Waals surface area contributed by atoms with Crippen LogP contribution in [0.25, 0.3) is 10.9 Å². The molecule has 0 spiro atoms. The number of carboxylic acid groups (broad SMARTS) is 1. The zero-order chi connectivity index (χ0) is 58.1. The predicted molar refractivity (Wildman–Crippen MR) is 287 cm³/mol. The number of hydrogen-bond acceptors (Lipinski definition) is 19. The van der Waals surface area contributed by atoms with Gasteiger partial charge in [0.05, 0.1) is 58.7 Å². The number of aromatic carboxylic acids is 1. The number of carbonyl (C=O) groups is 4. The van der Waals surface area contributed by atoms with Crippen molar-refractivity contribution in [2.24, 2.45) is 23.7 Å². The predicted octanol–water partition coefficient (Wildman–Crippen LogP) is 6.23. The maximum Gasteiger partial charge on any atom is 0.509 e. The zero-order valence-corrected chi connectivity index (χ0v) is 48.5. The first kappa shape index (κ1) is 62.2. The number of anilines is 1. The van der Waals surface area contributed by atoms with E-state index in [2.05, 4.69) is 10.6 Å². The number of aliphatic hydroxyl groups is 1. The largest absolute Gasteiger partial charge is 0.509 e. The molecule has 1 aliphatic carbocycles. The number of cyclic esters (lactones) is 1. The highest BCUT2D eigenvalue weighted by Crippen LogP contribution is 2.45. The first-order chi connectivity index (χ1) is 37.2. The van der Waals surface area contributed by atoms with Crippen molar-refractivity contribution in [2.75, 3.05) is 59.9 Å². The van der Waals surface area contributed by atoms with E-state index in [4.69, 9.17) is 47.4 Å². The van der Waals surface area contributed by atoms with Gasteiger partial charge in [-0.1, -0.05) is 27.7 Å². The van der Waals surface area contributed by atoms with Crippen LogP contribution in [0.4, 0.5) is 14.9 Å². The summed E-state index contributed by atoms with van der Waals surface area (Å²) < 4.78 is 81.0. The van der Waals surface area contributed by atoms with Gasteiger partial charge in [-0.15, -0.1) is 0 Å². The average Bonchev–Trinajstić information content (AvgIpc) is 4.29. The van der Waals surface area contributed by atoms with Gasteiger partial charge in [0.1, 0.15) is 35.5 Å². The van der Waals surface area contributed by atoms with Crippen molar-refractivity contribution < 1.29 is 81.2 Å². The van der Waals surface area contributed by atoms with Crippen LogP contribution in [0.1, 0.15) is 131 Å². The molecule has 79 heavy (non-hydrogen) atoms. The summed E-state index contributed by atoms with van der Waals surface area (Å²) in [5.41, 5.74) is -4.17. The number of aromatic nitrogens is 1. The Morgan fingerprint density at radius 1 is 0.899 bits per heavy atom. The highest BCUT2D eigenvalue weighted by molar-refractivity contribution is 5.93. The number of nitrogens with one attached hydrogen (secondary N) is 2. The molecule has 4 saturated heterocycles. The highest BCUT2D eigenvalue weighted by Gasteiger charge is 2.60. The fourth-order valence-electron chi connectivity index (χ4n) is 12.6. The fourth-order valence-corrected chi connectivity index (χ4v) is 12.6. The molecule has 0 amide bonds. The van der Waals surface area contributed by atoms with Crippen molar-refractivity contribution in [2.45, 2.75) is 204 Å². The van der Waals surface area contributed by atoms with Gasteiger partial charge in [-0.25, -0.2) is 14.0 Å². The molecule has 444 valence electrons. The number of esters is 1. The van der Waals surface area contributed by atoms with Gasteiger partial charge in [-0.3, -0.25) is 14.4 Å². The van der Waals surface area contributed by atoms with Gasteiger partial charge in [0.25, 0.3) is 0 Å². The van der Waals surface area contributed by atoms with Crippen LogP contribution in [0.2, 0.25) is 0 Å². The van der Waals surface area contributed by atoms with Crippen LogP contribution in [0.5, 0.6) is 0 Å². The van der Waals surface area contributed by atoms with Crippen molar-refractivity contribution in [3.8, 4) is 0 Å². The first-order valence-corrected chi connectivity index (χ1v) is 28.1. The van der Waals surface area contributed by atoms with Gasteiger partial charge in [0.15, 0.2) is 24.3 Å². The molecule has 18 atom stereocenters. The SMILES string of the molecule is CC[C@@H]1OC(=O)[C@H](C)[C@H](O[C@@H]2C[C@](C)(OC)[C@H](OCCCNCCNc3cc4c(cc3F)c(=O)c(C(=O)O)cn4C3CC3)[C@H](C)O2)[C@@H](C)[C@H](O[C@H]2O[C@@H](C)C[C@@H](N(C)C)[C@H]2O)[C@](C)(OC)C[C@H](C)C(=O)[C@H](C)[C@H]2OC(=O)O[C@@]12C. The Balaban J connectivity index is 1.06. The Bertz CT molecular complexity index is 2550. The molecule has 5 heterocycles. The van der Waals surface area contributed by atoms with Gasteiger partial charge in [0.2, 0.25) is 5.43 Å². The minimum absolute atomic E-state index is 0.0288. The third kappa shape index (κ3) is 13.3. The molecule has 0 radical (unpaired) electrons. The standard InChI is InChI=1S/C57H87FN4O17/c1-15-42-57(10)49(78-54(69)79-57)31(4)44(63)29(2)26-55(8,70-13)48(77-53-46(65)41(61(11)12)23-30(3)73-53)32(5)47(33(6)52(68)75-42)76-43-27-56(9,71-14)50(34(7)74-43)72-22-16-19-59-20-21-60-39-25-40-36(24-38(39)58)45(64)37(51(66)67)28-62(40)35-17-18-35/h24-25,28-35,41-43,46-50,53,59-60,65H,15-23,26-27H2,1-14H3,(H,66,67)/t29-,30-,31-,32+,33+,34-,41+,42-,43+,46+,47+,48-,49+,50+,53+,55+,56-,57-/m0/s1. The molecule has 0 bridgehead atoms. The van der Waals surface area contributed by atoms with Crippen molar-refractivity contribution in [1.29, 1.82) is 0 Å². The summed E-state index contributed by atoms with van der Waals surface area (Å²) in [6.45, 7) is 19.7. The molecule has 1 aromatic heterocycles. The van der Waals surface area contributed by atoms with E-state index in [1.54, 1.807) is 52.4 Å². The second-order valence-corrected chi connectivity index (χ2v) is 23.6.